The molecule has 3 aromatic carbocycles. The van der Waals surface area contributed by atoms with E-state index >= 15 is 0 Å². The highest BCUT2D eigenvalue weighted by Gasteiger charge is 2.40. The number of fused-ring (bicyclic) bond motifs is 3. The van der Waals surface area contributed by atoms with E-state index in [9.17, 15) is 13.2 Å². The lowest BCUT2D eigenvalue weighted by Crippen LogP contribution is -2.43. The van der Waals surface area contributed by atoms with Crippen molar-refractivity contribution in [1.29, 1.82) is 0 Å². The Morgan fingerprint density at radius 1 is 1.06 bits per heavy atom. The van der Waals surface area contributed by atoms with Crippen molar-refractivity contribution in [3.63, 3.8) is 0 Å². The van der Waals surface area contributed by atoms with E-state index in [0.29, 0.717) is 36.4 Å². The summed E-state index contributed by atoms with van der Waals surface area (Å²) >= 11 is 0. The van der Waals surface area contributed by atoms with Gasteiger partial charge in [-0.3, -0.25) is 4.79 Å². The van der Waals surface area contributed by atoms with E-state index in [-0.39, 0.29) is 10.8 Å². The van der Waals surface area contributed by atoms with E-state index in [4.69, 9.17) is 4.74 Å². The van der Waals surface area contributed by atoms with Gasteiger partial charge in [0.25, 0.3) is 0 Å². The Morgan fingerprint density at radius 3 is 2.60 bits per heavy atom. The van der Waals surface area contributed by atoms with Crippen molar-refractivity contribution < 1.29 is 17.9 Å². The molecular weight excluding hydrogens is 462 g/mol. The molecule has 0 radical (unpaired) electrons. The Balaban J connectivity index is 1.45. The molecule has 1 aliphatic rings. The number of para-hydroxylation sites is 1. The number of aromatic nitrogens is 1. The summed E-state index contributed by atoms with van der Waals surface area (Å²) in [6.07, 6.45) is 1.11. The number of hydrogen-bond acceptors (Lipinski definition) is 4. The molecule has 0 saturated carbocycles. The highest BCUT2D eigenvalue weighted by molar-refractivity contribution is 7.89. The number of carbonyl (C=O) groups excluding carboxylic acids is 1. The number of ether oxygens (including phenoxy) is 1. The second kappa shape index (κ2) is 9.02. The summed E-state index contributed by atoms with van der Waals surface area (Å²) in [5, 5.41) is 5.16. The number of methoxy groups -OCH3 is 1. The minimum absolute atomic E-state index is 0.172. The van der Waals surface area contributed by atoms with Gasteiger partial charge in [0, 0.05) is 46.6 Å². The van der Waals surface area contributed by atoms with Gasteiger partial charge in [-0.1, -0.05) is 24.3 Å². The molecule has 4 aromatic rings. The van der Waals surface area contributed by atoms with Crippen LogP contribution in [0.3, 0.4) is 0 Å². The molecule has 1 aromatic heterocycles. The van der Waals surface area contributed by atoms with Crippen LogP contribution in [0.15, 0.2) is 65.6 Å². The molecule has 1 fully saturated rings. The molecule has 1 unspecified atom stereocenters. The van der Waals surface area contributed by atoms with Crippen LogP contribution in [0, 0.1) is 6.92 Å². The summed E-state index contributed by atoms with van der Waals surface area (Å²) < 4.78 is 35.9. The normalized spacial score (nSPS) is 16.7. The fraction of sp³-hybridized carbons (Fsp3) is 0.296. The van der Waals surface area contributed by atoms with Gasteiger partial charge in [0.15, 0.2) is 0 Å². The first kappa shape index (κ1) is 23.4. The smallest absolute Gasteiger partial charge is 0.244 e. The maximum Gasteiger partial charge on any atom is 0.244 e. The maximum atomic E-state index is 13.5. The Kier molecular flexibility index (Phi) is 6.02. The first-order valence-electron chi connectivity index (χ1n) is 11.8. The van der Waals surface area contributed by atoms with Crippen LogP contribution >= 0.6 is 0 Å². The van der Waals surface area contributed by atoms with Gasteiger partial charge in [0.05, 0.1) is 12.0 Å². The fourth-order valence-corrected chi connectivity index (χ4v) is 7.00. The molecule has 1 saturated heterocycles. The molecule has 7 nitrogen and oxygen atoms in total. The van der Waals surface area contributed by atoms with E-state index in [0.717, 1.165) is 28.4 Å². The predicted molar refractivity (Wildman–Crippen MR) is 138 cm³/mol. The zero-order chi connectivity index (χ0) is 24.7. The largest absolute Gasteiger partial charge is 0.497 e. The lowest BCUT2D eigenvalue weighted by atomic mass is 10.1. The number of aryl methyl sites for hydroxylation is 2. The number of nitrogens with zero attached hydrogens (tertiary/aromatic N) is 2. The molecule has 1 atom stereocenters. The van der Waals surface area contributed by atoms with E-state index in [2.05, 4.69) is 28.9 Å². The third kappa shape index (κ3) is 3.96. The third-order valence-corrected chi connectivity index (χ3v) is 8.89. The Hall–Kier alpha value is -3.36. The van der Waals surface area contributed by atoms with Gasteiger partial charge in [-0.2, -0.15) is 4.31 Å². The lowest BCUT2D eigenvalue weighted by molar-refractivity contribution is -0.119. The van der Waals surface area contributed by atoms with Crippen molar-refractivity contribution in [3.8, 4) is 5.75 Å². The zero-order valence-electron chi connectivity index (χ0n) is 20.1. The summed E-state index contributed by atoms with van der Waals surface area (Å²) in [7, 11) is -2.36. The second-order valence-electron chi connectivity index (χ2n) is 8.89. The quantitative estimate of drug-likeness (QED) is 0.415. The van der Waals surface area contributed by atoms with Crippen molar-refractivity contribution in [2.45, 2.75) is 44.2 Å². The van der Waals surface area contributed by atoms with E-state index in [1.807, 2.05) is 30.3 Å². The molecule has 1 aliphatic heterocycles. The number of sulfonamides is 1. The van der Waals surface area contributed by atoms with Crippen LogP contribution in [0.4, 0.5) is 5.69 Å². The predicted octanol–water partition coefficient (Wildman–Crippen LogP) is 4.92. The Bertz CT molecular complexity index is 1540. The number of benzene rings is 3. The first-order chi connectivity index (χ1) is 16.8. The van der Waals surface area contributed by atoms with Crippen molar-refractivity contribution in [3.05, 3.63) is 66.2 Å². The van der Waals surface area contributed by atoms with Gasteiger partial charge in [-0.15, -0.1) is 0 Å². The van der Waals surface area contributed by atoms with Gasteiger partial charge in [0.2, 0.25) is 15.9 Å². The molecule has 8 heteroatoms. The number of hydrogen-bond donors (Lipinski definition) is 1. The molecule has 1 N–H and O–H groups in total. The first-order valence-corrected chi connectivity index (χ1v) is 13.3. The molecule has 0 bridgehead atoms. The number of nitrogens with one attached hydrogen (secondary N) is 1. The molecular formula is C27H29N3O4S. The molecule has 1 amide bonds. The average Bonchev–Trinajstić information content (AvgIpc) is 3.48. The highest BCUT2D eigenvalue weighted by Crippen LogP contribution is 2.33. The van der Waals surface area contributed by atoms with Crippen molar-refractivity contribution in [2.24, 2.45) is 0 Å². The average molecular weight is 492 g/mol. The topological polar surface area (TPSA) is 80.6 Å². The van der Waals surface area contributed by atoms with E-state index in [1.165, 1.54) is 17.5 Å². The molecule has 0 aliphatic carbocycles. The molecule has 5 rings (SSSR count). The molecule has 0 spiro atoms. The zero-order valence-corrected chi connectivity index (χ0v) is 20.9. The lowest BCUT2D eigenvalue weighted by Gasteiger charge is -2.24. The van der Waals surface area contributed by atoms with Crippen LogP contribution in [0.2, 0.25) is 0 Å². The minimum atomic E-state index is -3.86. The fourth-order valence-electron chi connectivity index (χ4n) is 5.10. The van der Waals surface area contributed by atoms with Gasteiger partial charge < -0.3 is 14.6 Å². The SMILES string of the molecule is CCn1c2ccccc2c2cc(NC(=O)C3CCCN3S(=O)(=O)c3cc(OC)ccc3C)ccc21. The summed E-state index contributed by atoms with van der Waals surface area (Å²) in [5.74, 6) is 0.152. The number of rotatable bonds is 6. The van der Waals surface area contributed by atoms with Crippen molar-refractivity contribution in [2.75, 3.05) is 19.0 Å². The van der Waals surface area contributed by atoms with Gasteiger partial charge in [-0.25, -0.2) is 8.42 Å². The van der Waals surface area contributed by atoms with E-state index < -0.39 is 16.1 Å². The van der Waals surface area contributed by atoms with Crippen LogP contribution in [0.25, 0.3) is 21.8 Å². The Morgan fingerprint density at radius 2 is 1.83 bits per heavy atom. The standard InChI is InChI=1S/C27H29N3O4S/c1-4-29-23-9-6-5-8-21(23)22-16-19(12-14-24(22)29)28-27(31)25-10-7-15-30(25)35(32,33)26-17-20(34-3)13-11-18(26)2/h5-6,8-9,11-14,16-17,25H,4,7,10,15H2,1-3H3,(H,28,31). The molecule has 2 heterocycles. The summed E-state index contributed by atoms with van der Waals surface area (Å²) in [6, 6.07) is 18.3. The van der Waals surface area contributed by atoms with Crippen molar-refractivity contribution in [1.82, 2.24) is 8.87 Å². The van der Waals surface area contributed by atoms with Gasteiger partial charge in [0.1, 0.15) is 11.8 Å². The van der Waals surface area contributed by atoms with Gasteiger partial charge >= 0.3 is 0 Å². The number of carbonyl (C=O) groups is 1. The monoisotopic (exact) mass is 491 g/mol. The van der Waals surface area contributed by atoms with Crippen molar-refractivity contribution >= 4 is 43.4 Å². The van der Waals surface area contributed by atoms with E-state index in [1.54, 1.807) is 19.1 Å². The van der Waals surface area contributed by atoms with Gasteiger partial charge in [-0.05, 0) is 62.6 Å². The summed E-state index contributed by atoms with van der Waals surface area (Å²) in [4.78, 5) is 13.5. The number of amides is 1. The van der Waals surface area contributed by atoms with Crippen LogP contribution in [-0.4, -0.2) is 42.9 Å². The maximum absolute atomic E-state index is 13.5. The second-order valence-corrected chi connectivity index (χ2v) is 10.7. The molecule has 182 valence electrons. The van der Waals surface area contributed by atoms with Crippen LogP contribution in [0.5, 0.6) is 5.75 Å². The summed E-state index contributed by atoms with van der Waals surface area (Å²) in [5.41, 5.74) is 3.53. The van der Waals surface area contributed by atoms with Crippen LogP contribution in [-0.2, 0) is 21.4 Å². The summed E-state index contributed by atoms with van der Waals surface area (Å²) in [6.45, 7) is 5.01. The van der Waals surface area contributed by atoms with Crippen LogP contribution in [0.1, 0.15) is 25.3 Å². The number of anilines is 1. The minimum Gasteiger partial charge on any atom is -0.497 e. The third-order valence-electron chi connectivity index (χ3n) is 6.84. The highest BCUT2D eigenvalue weighted by atomic mass is 32.2. The Labute approximate surface area is 205 Å². The van der Waals surface area contributed by atoms with Crippen LogP contribution < -0.4 is 10.1 Å². The molecule has 35 heavy (non-hydrogen) atoms.